The molecule has 2 aromatic rings. The van der Waals surface area contributed by atoms with Crippen molar-refractivity contribution >= 4 is 51.9 Å². The predicted molar refractivity (Wildman–Crippen MR) is 119 cm³/mol. The number of carbonyl (C=O) groups excluding carboxylic acids is 1. The standard InChI is InChI=1S/C22H25Cl3OS/c1-3-4-20-18(12-21(27-20)13(2)26)22-15(10-17(24)11-19(22)25)7-5-14-6-8-16(23)9-14/h10-12,14,16H,3-9H2,1-2H3/t14-,16+/m0/s1. The van der Waals surface area contributed by atoms with Gasteiger partial charge in [0.25, 0.3) is 0 Å². The molecule has 1 fully saturated rings. The second kappa shape index (κ2) is 9.31. The van der Waals surface area contributed by atoms with Gasteiger partial charge in [0.15, 0.2) is 5.78 Å². The third kappa shape index (κ3) is 5.09. The maximum absolute atomic E-state index is 11.9. The fourth-order valence-electron chi connectivity index (χ4n) is 3.99. The van der Waals surface area contributed by atoms with Crippen LogP contribution >= 0.6 is 46.1 Å². The van der Waals surface area contributed by atoms with Crippen LogP contribution in [0.15, 0.2) is 18.2 Å². The highest BCUT2D eigenvalue weighted by atomic mass is 35.5. The van der Waals surface area contributed by atoms with Crippen molar-refractivity contribution < 1.29 is 4.79 Å². The van der Waals surface area contributed by atoms with Crippen LogP contribution in [0.5, 0.6) is 0 Å². The number of thiophene rings is 1. The molecule has 5 heteroatoms. The lowest BCUT2D eigenvalue weighted by atomic mass is 9.92. The Hall–Kier alpha value is -0.540. The number of aryl methyl sites for hydroxylation is 2. The Morgan fingerprint density at radius 2 is 1.96 bits per heavy atom. The number of rotatable bonds is 7. The maximum atomic E-state index is 11.9. The Balaban J connectivity index is 1.98. The number of benzene rings is 1. The molecular weight excluding hydrogens is 419 g/mol. The molecule has 1 heterocycles. The first-order chi connectivity index (χ1) is 12.9. The van der Waals surface area contributed by atoms with E-state index in [2.05, 4.69) is 6.92 Å². The number of hydrogen-bond acceptors (Lipinski definition) is 2. The van der Waals surface area contributed by atoms with E-state index in [9.17, 15) is 4.79 Å². The molecule has 1 aliphatic rings. The van der Waals surface area contributed by atoms with Crippen molar-refractivity contribution in [2.75, 3.05) is 0 Å². The van der Waals surface area contributed by atoms with Crippen molar-refractivity contribution in [1.82, 2.24) is 0 Å². The molecule has 0 bridgehead atoms. The molecule has 1 nitrogen and oxygen atoms in total. The summed E-state index contributed by atoms with van der Waals surface area (Å²) in [5.41, 5.74) is 3.33. The van der Waals surface area contributed by atoms with Crippen LogP contribution in [-0.4, -0.2) is 11.2 Å². The Bertz CT molecular complexity index is 827. The van der Waals surface area contributed by atoms with Gasteiger partial charge in [-0.2, -0.15) is 0 Å². The van der Waals surface area contributed by atoms with Gasteiger partial charge < -0.3 is 0 Å². The summed E-state index contributed by atoms with van der Waals surface area (Å²) in [5, 5.41) is 1.66. The van der Waals surface area contributed by atoms with Gasteiger partial charge in [-0.3, -0.25) is 4.79 Å². The molecule has 0 saturated heterocycles. The van der Waals surface area contributed by atoms with Crippen molar-refractivity contribution in [3.8, 4) is 11.1 Å². The van der Waals surface area contributed by atoms with Crippen molar-refractivity contribution in [2.24, 2.45) is 5.92 Å². The number of ketones is 1. The minimum atomic E-state index is 0.106. The second-order valence-electron chi connectivity index (χ2n) is 7.49. The first kappa shape index (κ1) is 21.2. The van der Waals surface area contributed by atoms with Crippen LogP contribution in [0.4, 0.5) is 0 Å². The van der Waals surface area contributed by atoms with Gasteiger partial charge in [-0.25, -0.2) is 0 Å². The molecule has 2 atom stereocenters. The van der Waals surface area contributed by atoms with Gasteiger partial charge in [0.2, 0.25) is 0 Å². The van der Waals surface area contributed by atoms with Gasteiger partial charge in [0, 0.05) is 20.8 Å². The maximum Gasteiger partial charge on any atom is 0.169 e. The molecule has 3 rings (SSSR count). The zero-order valence-electron chi connectivity index (χ0n) is 15.8. The molecule has 0 radical (unpaired) electrons. The number of halogens is 3. The quantitative estimate of drug-likeness (QED) is 0.311. The lowest BCUT2D eigenvalue weighted by Crippen LogP contribution is -2.00. The number of alkyl halides is 1. The van der Waals surface area contributed by atoms with Gasteiger partial charge in [0.1, 0.15) is 0 Å². The smallest absolute Gasteiger partial charge is 0.169 e. The van der Waals surface area contributed by atoms with Crippen LogP contribution in [0.2, 0.25) is 10.0 Å². The highest BCUT2D eigenvalue weighted by molar-refractivity contribution is 7.14. The monoisotopic (exact) mass is 442 g/mol. The average Bonchev–Trinajstić information content (AvgIpc) is 3.19. The first-order valence-electron chi connectivity index (χ1n) is 9.65. The van der Waals surface area contributed by atoms with Gasteiger partial charge in [-0.1, -0.05) is 36.5 Å². The molecule has 0 aliphatic heterocycles. The van der Waals surface area contributed by atoms with Crippen LogP contribution in [0, 0.1) is 5.92 Å². The topological polar surface area (TPSA) is 17.1 Å². The molecule has 0 unspecified atom stereocenters. The zero-order chi connectivity index (χ0) is 19.6. The molecule has 1 aromatic carbocycles. The SMILES string of the molecule is CCCc1sc(C(C)=O)cc1-c1c(Cl)cc(Cl)cc1CC[C@H]1CC[C@@H](Cl)C1. The van der Waals surface area contributed by atoms with Crippen molar-refractivity contribution in [1.29, 1.82) is 0 Å². The molecule has 1 aliphatic carbocycles. The van der Waals surface area contributed by atoms with E-state index in [-0.39, 0.29) is 5.78 Å². The van der Waals surface area contributed by atoms with Gasteiger partial charge in [-0.15, -0.1) is 22.9 Å². The first-order valence-corrected chi connectivity index (χ1v) is 11.7. The van der Waals surface area contributed by atoms with Gasteiger partial charge >= 0.3 is 0 Å². The molecular formula is C22H25Cl3OS. The summed E-state index contributed by atoms with van der Waals surface area (Å²) < 4.78 is 0. The van der Waals surface area contributed by atoms with Crippen molar-refractivity contribution in [3.63, 3.8) is 0 Å². The zero-order valence-corrected chi connectivity index (χ0v) is 18.9. The molecule has 0 amide bonds. The summed E-state index contributed by atoms with van der Waals surface area (Å²) in [4.78, 5) is 14.0. The van der Waals surface area contributed by atoms with Crippen LogP contribution in [0.1, 0.15) is 66.1 Å². The second-order valence-corrected chi connectivity index (χ2v) is 10.1. The third-order valence-electron chi connectivity index (χ3n) is 5.34. The number of carbonyl (C=O) groups is 1. The molecule has 0 N–H and O–H groups in total. The molecule has 0 spiro atoms. The van der Waals surface area contributed by atoms with E-state index in [1.807, 2.05) is 18.2 Å². The Kier molecular flexibility index (Phi) is 7.30. The molecule has 27 heavy (non-hydrogen) atoms. The summed E-state index contributed by atoms with van der Waals surface area (Å²) in [6.45, 7) is 3.78. The summed E-state index contributed by atoms with van der Waals surface area (Å²) >= 11 is 20.9. The lowest BCUT2D eigenvalue weighted by molar-refractivity contribution is 0.102. The fraction of sp³-hybridized carbons (Fsp3) is 0.500. The van der Waals surface area contributed by atoms with Crippen LogP contribution in [-0.2, 0) is 12.8 Å². The summed E-state index contributed by atoms with van der Waals surface area (Å²) in [6.07, 6.45) is 7.42. The Labute approximate surface area is 181 Å². The van der Waals surface area contributed by atoms with E-state index in [0.717, 1.165) is 54.5 Å². The van der Waals surface area contributed by atoms with Crippen molar-refractivity contribution in [3.05, 3.63) is 43.6 Å². The summed E-state index contributed by atoms with van der Waals surface area (Å²) in [7, 11) is 0. The van der Waals surface area contributed by atoms with Crippen LogP contribution in [0.3, 0.4) is 0 Å². The Morgan fingerprint density at radius 1 is 1.19 bits per heavy atom. The van der Waals surface area contributed by atoms with E-state index < -0.39 is 0 Å². The lowest BCUT2D eigenvalue weighted by Gasteiger charge is -2.15. The highest BCUT2D eigenvalue weighted by Gasteiger charge is 2.24. The van der Waals surface area contributed by atoms with E-state index >= 15 is 0 Å². The third-order valence-corrected chi connectivity index (χ3v) is 7.55. The van der Waals surface area contributed by atoms with E-state index in [0.29, 0.717) is 21.3 Å². The molecule has 1 aromatic heterocycles. The molecule has 1 saturated carbocycles. The van der Waals surface area contributed by atoms with Gasteiger partial charge in [-0.05, 0) is 80.7 Å². The van der Waals surface area contributed by atoms with Crippen LogP contribution < -0.4 is 0 Å². The van der Waals surface area contributed by atoms with E-state index in [4.69, 9.17) is 34.8 Å². The van der Waals surface area contributed by atoms with Crippen LogP contribution in [0.25, 0.3) is 11.1 Å². The number of Topliss-reactive ketones (excluding diaryl/α,β-unsaturated/α-hetero) is 1. The van der Waals surface area contributed by atoms with E-state index in [1.54, 1.807) is 18.3 Å². The minimum Gasteiger partial charge on any atom is -0.294 e. The predicted octanol–water partition coefficient (Wildman–Crippen LogP) is 8.22. The van der Waals surface area contributed by atoms with Crippen molar-refractivity contribution in [2.45, 2.75) is 64.2 Å². The summed E-state index contributed by atoms with van der Waals surface area (Å²) in [5.74, 6) is 0.776. The Morgan fingerprint density at radius 3 is 2.59 bits per heavy atom. The largest absolute Gasteiger partial charge is 0.294 e. The normalized spacial score (nSPS) is 19.6. The minimum absolute atomic E-state index is 0.106. The number of hydrogen-bond donors (Lipinski definition) is 0. The van der Waals surface area contributed by atoms with Gasteiger partial charge in [0.05, 0.1) is 9.90 Å². The van der Waals surface area contributed by atoms with E-state index in [1.165, 1.54) is 16.9 Å². The highest BCUT2D eigenvalue weighted by Crippen LogP contribution is 2.42. The summed E-state index contributed by atoms with van der Waals surface area (Å²) in [6, 6.07) is 5.87. The fourth-order valence-corrected chi connectivity index (χ4v) is 6.17. The molecule has 146 valence electrons. The average molecular weight is 444 g/mol.